The van der Waals surface area contributed by atoms with Gasteiger partial charge in [0.05, 0.1) is 5.71 Å². The van der Waals surface area contributed by atoms with Crippen molar-refractivity contribution in [3.63, 3.8) is 0 Å². The molecule has 0 atom stereocenters. The number of hydrogen-bond acceptors (Lipinski definition) is 4. The number of benzene rings is 1. The number of oxime groups is 1. The highest BCUT2D eigenvalue weighted by Gasteiger charge is 2.32. The Morgan fingerprint density at radius 2 is 1.96 bits per heavy atom. The number of ether oxygens (including phenoxy) is 1. The summed E-state index contributed by atoms with van der Waals surface area (Å²) in [4.78, 5) is 8.66. The van der Waals surface area contributed by atoms with Crippen LogP contribution in [0.5, 0.6) is 11.6 Å². The third-order valence-electron chi connectivity index (χ3n) is 3.00. The van der Waals surface area contributed by atoms with Crippen LogP contribution >= 0.6 is 15.9 Å². The Hall–Kier alpha value is -2.09. The van der Waals surface area contributed by atoms with Crippen LogP contribution in [0.2, 0.25) is 0 Å². The molecule has 0 amide bonds. The highest BCUT2D eigenvalue weighted by molar-refractivity contribution is 9.09. The van der Waals surface area contributed by atoms with Crippen LogP contribution in [-0.4, -0.2) is 22.6 Å². The summed E-state index contributed by atoms with van der Waals surface area (Å²) < 4.78 is 43.6. The Balaban J connectivity index is 2.20. The lowest BCUT2D eigenvalue weighted by Crippen LogP contribution is -2.08. The first-order valence-electron chi connectivity index (χ1n) is 7.51. The third kappa shape index (κ3) is 5.74. The van der Waals surface area contributed by atoms with Crippen molar-refractivity contribution in [3.8, 4) is 11.6 Å². The molecule has 0 bridgehead atoms. The number of alkyl halides is 4. The van der Waals surface area contributed by atoms with Crippen LogP contribution in [0, 0.1) is 0 Å². The molecule has 2 rings (SSSR count). The zero-order chi connectivity index (χ0) is 18.3. The quantitative estimate of drug-likeness (QED) is 0.262. The second-order valence-corrected chi connectivity index (χ2v) is 5.55. The Kier molecular flexibility index (Phi) is 6.81. The number of halogens is 4. The lowest BCUT2D eigenvalue weighted by Gasteiger charge is -2.10. The van der Waals surface area contributed by atoms with E-state index in [4.69, 9.17) is 9.57 Å². The topological polar surface area (TPSA) is 43.7 Å². The highest BCUT2D eigenvalue weighted by atomic mass is 79.9. The molecule has 0 unspecified atom stereocenters. The van der Waals surface area contributed by atoms with E-state index >= 15 is 0 Å². The lowest BCUT2D eigenvalue weighted by atomic mass is 10.1. The van der Waals surface area contributed by atoms with Gasteiger partial charge in [-0.15, -0.1) is 0 Å². The van der Waals surface area contributed by atoms with Crippen molar-refractivity contribution in [2.24, 2.45) is 5.16 Å². The summed E-state index contributed by atoms with van der Waals surface area (Å²) in [6.07, 6.45) is -3.68. The van der Waals surface area contributed by atoms with Crippen molar-refractivity contribution in [2.45, 2.75) is 19.5 Å². The molecule has 4 nitrogen and oxygen atoms in total. The van der Waals surface area contributed by atoms with Crippen LogP contribution in [0.4, 0.5) is 13.2 Å². The van der Waals surface area contributed by atoms with Crippen molar-refractivity contribution in [3.05, 3.63) is 53.7 Å². The minimum absolute atomic E-state index is 0.133. The molecular formula is C17H16BrF3N2O2. The predicted octanol–water partition coefficient (Wildman–Crippen LogP) is 5.42. The van der Waals surface area contributed by atoms with E-state index in [2.05, 4.69) is 26.1 Å². The Morgan fingerprint density at radius 1 is 1.20 bits per heavy atom. The monoisotopic (exact) mass is 416 g/mol. The molecule has 0 aliphatic carbocycles. The van der Waals surface area contributed by atoms with Gasteiger partial charge in [0, 0.05) is 17.0 Å². The minimum atomic E-state index is -4.52. The van der Waals surface area contributed by atoms with Gasteiger partial charge in [0.15, 0.2) is 0 Å². The molecule has 134 valence electrons. The third-order valence-corrected chi connectivity index (χ3v) is 3.53. The van der Waals surface area contributed by atoms with Gasteiger partial charge in [0.2, 0.25) is 5.88 Å². The Morgan fingerprint density at radius 3 is 2.64 bits per heavy atom. The molecule has 0 saturated heterocycles. The van der Waals surface area contributed by atoms with Gasteiger partial charge in [-0.3, -0.25) is 0 Å². The number of nitrogens with zero attached hydrogens (tertiary/aromatic N) is 2. The molecule has 0 aliphatic heterocycles. The molecular weight excluding hydrogens is 401 g/mol. The summed E-state index contributed by atoms with van der Waals surface area (Å²) in [5.74, 6) is 0.222. The first kappa shape index (κ1) is 19.2. The van der Waals surface area contributed by atoms with E-state index in [0.29, 0.717) is 23.4 Å². The van der Waals surface area contributed by atoms with E-state index in [0.717, 1.165) is 18.1 Å². The van der Waals surface area contributed by atoms with E-state index in [1.165, 1.54) is 12.1 Å². The van der Waals surface area contributed by atoms with Crippen LogP contribution in [0.25, 0.3) is 0 Å². The van der Waals surface area contributed by atoms with Crippen molar-refractivity contribution < 1.29 is 22.7 Å². The molecule has 8 heteroatoms. The predicted molar refractivity (Wildman–Crippen MR) is 92.3 cm³/mol. The van der Waals surface area contributed by atoms with E-state index < -0.39 is 11.9 Å². The standard InChI is InChI=1S/C17H16BrF3N2O2/c1-2-9-24-23-14(11-18)12-5-3-6-13(10-12)25-16-8-4-7-15(22-16)17(19,20)21/h3-8,10H,2,9,11H2,1H3. The first-order chi connectivity index (χ1) is 11.9. The molecule has 0 N–H and O–H groups in total. The van der Waals surface area contributed by atoms with Gasteiger partial charge >= 0.3 is 6.18 Å². The van der Waals surface area contributed by atoms with Crippen molar-refractivity contribution in [1.82, 2.24) is 4.98 Å². The van der Waals surface area contributed by atoms with Crippen LogP contribution < -0.4 is 4.74 Å². The molecule has 1 aromatic heterocycles. The molecule has 0 fully saturated rings. The maximum Gasteiger partial charge on any atom is 0.433 e. The van der Waals surface area contributed by atoms with Crippen molar-refractivity contribution in [2.75, 3.05) is 11.9 Å². The fraction of sp³-hybridized carbons (Fsp3) is 0.294. The number of hydrogen-bond donors (Lipinski definition) is 0. The summed E-state index contributed by atoms with van der Waals surface area (Å²) in [5, 5.41) is 4.51. The smallest absolute Gasteiger partial charge is 0.433 e. The average molecular weight is 417 g/mol. The molecule has 0 aliphatic rings. The largest absolute Gasteiger partial charge is 0.439 e. The fourth-order valence-electron chi connectivity index (χ4n) is 1.86. The zero-order valence-corrected chi connectivity index (χ0v) is 15.0. The van der Waals surface area contributed by atoms with E-state index in [1.807, 2.05) is 13.0 Å². The van der Waals surface area contributed by atoms with Crippen molar-refractivity contribution in [1.29, 1.82) is 0 Å². The lowest BCUT2D eigenvalue weighted by molar-refractivity contribution is -0.141. The van der Waals surface area contributed by atoms with E-state index in [1.54, 1.807) is 18.2 Å². The van der Waals surface area contributed by atoms with Crippen LogP contribution in [-0.2, 0) is 11.0 Å². The number of rotatable bonds is 7. The molecule has 2 aromatic rings. The molecule has 1 heterocycles. The highest BCUT2D eigenvalue weighted by Crippen LogP contribution is 2.30. The number of pyridine rings is 1. The molecule has 1 aromatic carbocycles. The van der Waals surface area contributed by atoms with Crippen LogP contribution in [0.15, 0.2) is 47.6 Å². The van der Waals surface area contributed by atoms with Gasteiger partial charge in [-0.25, -0.2) is 4.98 Å². The molecule has 0 spiro atoms. The summed E-state index contributed by atoms with van der Waals surface area (Å²) in [7, 11) is 0. The normalized spacial score (nSPS) is 12.1. The van der Waals surface area contributed by atoms with Gasteiger partial charge < -0.3 is 9.57 Å². The van der Waals surface area contributed by atoms with Gasteiger partial charge in [0.25, 0.3) is 0 Å². The minimum Gasteiger partial charge on any atom is -0.439 e. The summed E-state index contributed by atoms with van der Waals surface area (Å²) in [5.41, 5.74) is 0.380. The first-order valence-corrected chi connectivity index (χ1v) is 8.63. The van der Waals surface area contributed by atoms with Crippen LogP contribution in [0.3, 0.4) is 0 Å². The molecule has 0 radical (unpaired) electrons. The van der Waals surface area contributed by atoms with E-state index in [9.17, 15) is 13.2 Å². The summed E-state index contributed by atoms with van der Waals surface area (Å²) >= 11 is 3.34. The maximum absolute atomic E-state index is 12.7. The Bertz CT molecular complexity index is 736. The fourth-order valence-corrected chi connectivity index (χ4v) is 2.28. The number of aromatic nitrogens is 1. The van der Waals surface area contributed by atoms with Crippen LogP contribution in [0.1, 0.15) is 24.6 Å². The molecule has 0 saturated carbocycles. The maximum atomic E-state index is 12.7. The van der Waals surface area contributed by atoms with E-state index in [-0.39, 0.29) is 5.88 Å². The second-order valence-electron chi connectivity index (χ2n) is 4.99. The molecule has 25 heavy (non-hydrogen) atoms. The zero-order valence-electron chi connectivity index (χ0n) is 13.4. The van der Waals surface area contributed by atoms with Gasteiger partial charge in [0.1, 0.15) is 18.1 Å². The van der Waals surface area contributed by atoms with Gasteiger partial charge in [-0.2, -0.15) is 13.2 Å². The van der Waals surface area contributed by atoms with Crippen molar-refractivity contribution >= 4 is 21.6 Å². The van der Waals surface area contributed by atoms with Gasteiger partial charge in [-0.05, 0) is 24.6 Å². The average Bonchev–Trinajstić information content (AvgIpc) is 2.58. The summed E-state index contributed by atoms with van der Waals surface area (Å²) in [6.45, 7) is 2.47. The Labute approximate surface area is 151 Å². The SMILES string of the molecule is CCCON=C(CBr)c1cccc(Oc2cccc(C(F)(F)F)n2)c1. The second kappa shape index (κ2) is 8.84. The van der Waals surface area contributed by atoms with Gasteiger partial charge in [-0.1, -0.05) is 46.2 Å². The summed E-state index contributed by atoms with van der Waals surface area (Å²) in [6, 6.07) is 10.3.